The molecule has 19 heavy (non-hydrogen) atoms. The molecule has 102 valence electrons. The number of hydrazone groups is 1. The van der Waals surface area contributed by atoms with Crippen molar-refractivity contribution in [3.05, 3.63) is 34.3 Å². The summed E-state index contributed by atoms with van der Waals surface area (Å²) in [5, 5.41) is 4.37. The molecule has 0 saturated carbocycles. The second-order valence-electron chi connectivity index (χ2n) is 4.71. The van der Waals surface area contributed by atoms with Gasteiger partial charge in [0.05, 0.1) is 6.21 Å². The van der Waals surface area contributed by atoms with E-state index in [2.05, 4.69) is 21.0 Å². The van der Waals surface area contributed by atoms with Crippen molar-refractivity contribution in [1.82, 2.24) is 14.1 Å². The molecule has 7 heteroatoms. The maximum absolute atomic E-state index is 13.0. The van der Waals surface area contributed by atoms with Crippen molar-refractivity contribution in [2.75, 3.05) is 33.2 Å². The Balaban J connectivity index is 1.74. The number of nitrogens with zero attached hydrogens (tertiary/aromatic N) is 4. The summed E-state index contributed by atoms with van der Waals surface area (Å²) in [6.45, 7) is 3.63. The highest BCUT2D eigenvalue weighted by Gasteiger charge is 2.50. The summed E-state index contributed by atoms with van der Waals surface area (Å²) in [5.41, 5.74) is 0.998. The van der Waals surface area contributed by atoms with Crippen LogP contribution >= 0.6 is 23.5 Å². The van der Waals surface area contributed by atoms with Gasteiger partial charge in [-0.3, -0.25) is 4.57 Å². The van der Waals surface area contributed by atoms with Crippen LogP contribution in [0.1, 0.15) is 5.56 Å². The lowest BCUT2D eigenvalue weighted by Crippen LogP contribution is -2.19. The first kappa shape index (κ1) is 13.3. The lowest BCUT2D eigenvalue weighted by atomic mass is 10.2. The van der Waals surface area contributed by atoms with Crippen LogP contribution in [-0.2, 0) is 4.57 Å². The first-order valence-corrected chi connectivity index (χ1v) is 8.61. The number of rotatable bonds is 5. The van der Waals surface area contributed by atoms with Crippen LogP contribution in [0.15, 0.2) is 33.8 Å². The van der Waals surface area contributed by atoms with Crippen molar-refractivity contribution in [2.45, 2.75) is 0 Å². The topological polar surface area (TPSA) is 38.7 Å². The van der Waals surface area contributed by atoms with Gasteiger partial charge in [-0.05, 0) is 17.7 Å². The van der Waals surface area contributed by atoms with Crippen LogP contribution in [0.5, 0.6) is 0 Å². The van der Waals surface area contributed by atoms with Crippen LogP contribution in [0, 0.1) is 0 Å². The van der Waals surface area contributed by atoms with Gasteiger partial charge in [0.2, 0.25) is 0 Å². The second-order valence-corrected chi connectivity index (χ2v) is 8.36. The Bertz CT molecular complexity index is 523. The molecular weight excluding hydrogens is 327 g/mol. The van der Waals surface area contributed by atoms with Crippen molar-refractivity contribution in [2.24, 2.45) is 5.10 Å². The Labute approximate surface area is 121 Å². The zero-order valence-electron chi connectivity index (χ0n) is 10.7. The molecule has 2 heterocycles. The monoisotopic (exact) mass is 342 g/mol. The number of hydrogen-bond donors (Lipinski definition) is 0. The molecule has 0 amide bonds. The molecule has 2 aliphatic rings. The number of halogens is 1. The van der Waals surface area contributed by atoms with E-state index < -0.39 is 7.59 Å². The van der Waals surface area contributed by atoms with Crippen molar-refractivity contribution in [1.29, 1.82) is 0 Å². The SMILES string of the molecule is CN(/N=C/c1ccc(Br)cc1)P(=O)(N1CC1)N1CC1. The highest BCUT2D eigenvalue weighted by molar-refractivity contribution is 9.10. The maximum Gasteiger partial charge on any atom is 0.326 e. The largest absolute Gasteiger partial charge is 0.326 e. The van der Waals surface area contributed by atoms with E-state index in [4.69, 9.17) is 0 Å². The zero-order valence-corrected chi connectivity index (χ0v) is 13.2. The average Bonchev–Trinajstić information content (AvgIpc) is 3.29. The first-order valence-electron chi connectivity index (χ1n) is 6.25. The van der Waals surface area contributed by atoms with Crippen LogP contribution in [0.3, 0.4) is 0 Å². The molecule has 2 saturated heterocycles. The Hall–Kier alpha value is -0.680. The summed E-state index contributed by atoms with van der Waals surface area (Å²) >= 11 is 3.40. The number of benzene rings is 1. The van der Waals surface area contributed by atoms with Gasteiger partial charge in [-0.15, -0.1) is 0 Å². The lowest BCUT2D eigenvalue weighted by Gasteiger charge is -2.27. The first-order chi connectivity index (χ1) is 9.10. The fourth-order valence-electron chi connectivity index (χ4n) is 1.92. The molecule has 2 aliphatic heterocycles. The van der Waals surface area contributed by atoms with Gasteiger partial charge in [0.15, 0.2) is 0 Å². The Morgan fingerprint density at radius 2 is 1.74 bits per heavy atom. The van der Waals surface area contributed by atoms with E-state index in [1.807, 2.05) is 33.6 Å². The van der Waals surface area contributed by atoms with Crippen molar-refractivity contribution >= 4 is 29.7 Å². The minimum Gasteiger partial charge on any atom is -0.262 e. The van der Waals surface area contributed by atoms with E-state index in [0.29, 0.717) is 0 Å². The summed E-state index contributed by atoms with van der Waals surface area (Å²) in [6.07, 6.45) is 1.76. The van der Waals surface area contributed by atoms with Crippen LogP contribution in [0.25, 0.3) is 0 Å². The molecule has 0 aliphatic carbocycles. The van der Waals surface area contributed by atoms with Gasteiger partial charge in [-0.25, -0.2) is 14.1 Å². The van der Waals surface area contributed by atoms with E-state index >= 15 is 0 Å². The van der Waals surface area contributed by atoms with Gasteiger partial charge in [0.25, 0.3) is 0 Å². The van der Waals surface area contributed by atoms with Gasteiger partial charge in [0.1, 0.15) is 0 Å². The van der Waals surface area contributed by atoms with E-state index in [9.17, 15) is 4.57 Å². The highest BCUT2D eigenvalue weighted by atomic mass is 79.9. The predicted octanol–water partition coefficient (Wildman–Crippen LogP) is 2.45. The molecular formula is C12H16BrN4OP. The minimum absolute atomic E-state index is 0.909. The second kappa shape index (κ2) is 5.02. The molecule has 0 N–H and O–H groups in total. The van der Waals surface area contributed by atoms with E-state index in [1.54, 1.807) is 18.0 Å². The van der Waals surface area contributed by atoms with Crippen molar-refractivity contribution in [3.8, 4) is 0 Å². The third-order valence-corrected chi connectivity index (χ3v) is 6.86. The molecule has 3 rings (SSSR count). The summed E-state index contributed by atoms with van der Waals surface area (Å²) in [7, 11) is -0.787. The molecule has 0 bridgehead atoms. The summed E-state index contributed by atoms with van der Waals surface area (Å²) in [5.74, 6) is 0. The van der Waals surface area contributed by atoms with E-state index in [0.717, 1.165) is 36.2 Å². The van der Waals surface area contributed by atoms with Crippen LogP contribution in [0.2, 0.25) is 0 Å². The van der Waals surface area contributed by atoms with Gasteiger partial charge in [0, 0.05) is 37.7 Å². The summed E-state index contributed by atoms with van der Waals surface area (Å²) in [4.78, 5) is 0. The highest BCUT2D eigenvalue weighted by Crippen LogP contribution is 2.62. The van der Waals surface area contributed by atoms with Crippen molar-refractivity contribution in [3.63, 3.8) is 0 Å². The Morgan fingerprint density at radius 3 is 2.21 bits per heavy atom. The third kappa shape index (κ3) is 2.77. The number of hydrogen-bond acceptors (Lipinski definition) is 2. The molecule has 1 aromatic rings. The van der Waals surface area contributed by atoms with E-state index in [-0.39, 0.29) is 0 Å². The molecule has 2 fully saturated rings. The molecule has 0 unspecified atom stereocenters. The fraction of sp³-hybridized carbons (Fsp3) is 0.417. The lowest BCUT2D eigenvalue weighted by molar-refractivity contribution is 0.422. The Kier molecular flexibility index (Phi) is 3.52. The molecule has 5 nitrogen and oxygen atoms in total. The van der Waals surface area contributed by atoms with E-state index in [1.165, 1.54) is 0 Å². The van der Waals surface area contributed by atoms with Gasteiger partial charge >= 0.3 is 7.59 Å². The van der Waals surface area contributed by atoms with Crippen LogP contribution in [0.4, 0.5) is 0 Å². The standard InChI is InChI=1S/C12H16BrN4OP/c1-15(14-10-11-2-4-12(13)5-3-11)19(18,16-6-7-16)17-8-9-17/h2-5,10H,6-9H2,1H3/b14-10+. The fourth-order valence-corrected chi connectivity index (χ4v) is 4.68. The van der Waals surface area contributed by atoms with Crippen LogP contribution < -0.4 is 0 Å². The normalized spacial score (nSPS) is 19.9. The van der Waals surface area contributed by atoms with Gasteiger partial charge in [-0.2, -0.15) is 5.10 Å². The molecule has 0 aromatic heterocycles. The third-order valence-electron chi connectivity index (χ3n) is 3.21. The summed E-state index contributed by atoms with van der Waals surface area (Å²) in [6, 6.07) is 7.88. The van der Waals surface area contributed by atoms with Crippen LogP contribution in [-0.4, -0.2) is 53.6 Å². The molecule has 1 aromatic carbocycles. The predicted molar refractivity (Wildman–Crippen MR) is 80.3 cm³/mol. The van der Waals surface area contributed by atoms with Gasteiger partial charge < -0.3 is 0 Å². The van der Waals surface area contributed by atoms with Gasteiger partial charge in [-0.1, -0.05) is 28.1 Å². The van der Waals surface area contributed by atoms with Crippen molar-refractivity contribution < 1.29 is 4.57 Å². The minimum atomic E-state index is -2.59. The molecule has 0 spiro atoms. The maximum atomic E-state index is 13.0. The molecule has 0 atom stereocenters. The molecule has 0 radical (unpaired) electrons. The smallest absolute Gasteiger partial charge is 0.262 e. The zero-order chi connectivity index (χ0) is 13.5. The average molecular weight is 343 g/mol. The Morgan fingerprint density at radius 1 is 1.21 bits per heavy atom. The quantitative estimate of drug-likeness (QED) is 0.356. The summed E-state index contributed by atoms with van der Waals surface area (Å²) < 4.78 is 19.6.